The standard InChI is InChI=1S/C20H18FN7O4/c1-10-4-11(2-3-13(10)21)7-22-18(31)14-6-15(28-20(26-14)24-9-25-28)19(32)23-8-12-5-16(29)27-17(12)30/h2-4,6,9,12H,5,7-8H2,1H3,(H,22,31)(H,23,32)(H,27,29,30). The molecule has 0 aliphatic carbocycles. The fraction of sp³-hybridized carbons (Fsp3) is 0.250. The Balaban J connectivity index is 1.49. The van der Waals surface area contributed by atoms with Gasteiger partial charge in [-0.25, -0.2) is 9.37 Å². The lowest BCUT2D eigenvalue weighted by Gasteiger charge is -2.11. The summed E-state index contributed by atoms with van der Waals surface area (Å²) in [6.45, 7) is 1.70. The highest BCUT2D eigenvalue weighted by Gasteiger charge is 2.31. The topological polar surface area (TPSA) is 147 Å². The molecular formula is C20H18FN7O4. The number of imide groups is 1. The van der Waals surface area contributed by atoms with E-state index >= 15 is 0 Å². The maximum absolute atomic E-state index is 13.4. The fourth-order valence-corrected chi connectivity index (χ4v) is 3.26. The number of hydrogen-bond acceptors (Lipinski definition) is 7. The molecule has 11 nitrogen and oxygen atoms in total. The van der Waals surface area contributed by atoms with Gasteiger partial charge in [0.1, 0.15) is 23.5 Å². The van der Waals surface area contributed by atoms with Crippen LogP contribution in [0.4, 0.5) is 4.39 Å². The quantitative estimate of drug-likeness (QED) is 0.454. The second kappa shape index (κ2) is 8.49. The van der Waals surface area contributed by atoms with E-state index in [1.165, 1.54) is 18.5 Å². The number of nitrogens with one attached hydrogen (secondary N) is 3. The van der Waals surface area contributed by atoms with Gasteiger partial charge in [0.2, 0.25) is 11.8 Å². The zero-order valence-electron chi connectivity index (χ0n) is 16.9. The van der Waals surface area contributed by atoms with Crippen molar-refractivity contribution in [2.24, 2.45) is 5.92 Å². The van der Waals surface area contributed by atoms with Gasteiger partial charge in [-0.3, -0.25) is 24.5 Å². The highest BCUT2D eigenvalue weighted by molar-refractivity contribution is 6.04. The Morgan fingerprint density at radius 2 is 2.03 bits per heavy atom. The van der Waals surface area contributed by atoms with Crippen molar-refractivity contribution in [3.8, 4) is 0 Å². The van der Waals surface area contributed by atoms with Gasteiger partial charge in [0.25, 0.3) is 17.6 Å². The molecule has 4 amide bonds. The van der Waals surface area contributed by atoms with Crippen LogP contribution in [0, 0.1) is 18.7 Å². The largest absolute Gasteiger partial charge is 0.350 e. The number of carbonyl (C=O) groups excluding carboxylic acids is 4. The summed E-state index contributed by atoms with van der Waals surface area (Å²) in [7, 11) is 0. The average molecular weight is 439 g/mol. The van der Waals surface area contributed by atoms with Gasteiger partial charge >= 0.3 is 0 Å². The molecule has 3 heterocycles. The third kappa shape index (κ3) is 4.29. The first-order valence-corrected chi connectivity index (χ1v) is 9.67. The van der Waals surface area contributed by atoms with E-state index in [1.807, 2.05) is 0 Å². The Hall–Kier alpha value is -4.22. The minimum absolute atomic E-state index is 0.00922. The molecule has 164 valence electrons. The zero-order valence-corrected chi connectivity index (χ0v) is 16.9. The number of aryl methyl sites for hydroxylation is 1. The van der Waals surface area contributed by atoms with Crippen molar-refractivity contribution in [3.63, 3.8) is 0 Å². The molecule has 3 aromatic rings. The number of rotatable bonds is 6. The molecule has 4 rings (SSSR count). The predicted octanol–water partition coefficient (Wildman–Crippen LogP) is -0.106. The van der Waals surface area contributed by atoms with Gasteiger partial charge in [-0.2, -0.15) is 14.6 Å². The molecule has 3 N–H and O–H groups in total. The van der Waals surface area contributed by atoms with E-state index in [9.17, 15) is 23.6 Å². The lowest BCUT2D eigenvalue weighted by Crippen LogP contribution is -2.34. The van der Waals surface area contributed by atoms with Gasteiger partial charge in [0.15, 0.2) is 0 Å². The van der Waals surface area contributed by atoms with E-state index in [0.717, 1.165) is 4.52 Å². The number of amides is 4. The molecule has 1 aliphatic heterocycles. The van der Waals surface area contributed by atoms with Crippen molar-refractivity contribution in [1.29, 1.82) is 0 Å². The Morgan fingerprint density at radius 3 is 2.75 bits per heavy atom. The predicted molar refractivity (Wildman–Crippen MR) is 107 cm³/mol. The first-order chi connectivity index (χ1) is 15.3. The Kier molecular flexibility index (Phi) is 5.58. The van der Waals surface area contributed by atoms with Crippen LogP contribution in [0.1, 0.15) is 38.5 Å². The Bertz CT molecular complexity index is 1260. The maximum atomic E-state index is 13.4. The zero-order chi connectivity index (χ0) is 22.8. The number of nitrogens with zero attached hydrogens (tertiary/aromatic N) is 4. The molecule has 2 aromatic heterocycles. The summed E-state index contributed by atoms with van der Waals surface area (Å²) in [4.78, 5) is 56.4. The second-order valence-electron chi connectivity index (χ2n) is 7.29. The van der Waals surface area contributed by atoms with Crippen molar-refractivity contribution in [2.75, 3.05) is 6.54 Å². The van der Waals surface area contributed by atoms with Crippen LogP contribution in [0.25, 0.3) is 5.78 Å². The van der Waals surface area contributed by atoms with Crippen LogP contribution >= 0.6 is 0 Å². The Labute approximate surface area is 180 Å². The van der Waals surface area contributed by atoms with Gasteiger partial charge < -0.3 is 10.6 Å². The molecule has 0 spiro atoms. The van der Waals surface area contributed by atoms with Crippen LogP contribution in [0.5, 0.6) is 0 Å². The van der Waals surface area contributed by atoms with E-state index in [1.54, 1.807) is 19.1 Å². The van der Waals surface area contributed by atoms with Gasteiger partial charge in [-0.1, -0.05) is 12.1 Å². The minimum Gasteiger partial charge on any atom is -0.350 e. The van der Waals surface area contributed by atoms with Crippen LogP contribution in [0.3, 0.4) is 0 Å². The molecule has 1 aliphatic rings. The van der Waals surface area contributed by atoms with Crippen molar-refractivity contribution in [2.45, 2.75) is 19.9 Å². The number of halogens is 1. The van der Waals surface area contributed by atoms with Gasteiger partial charge in [-0.05, 0) is 24.1 Å². The number of aromatic nitrogens is 4. The summed E-state index contributed by atoms with van der Waals surface area (Å²) >= 11 is 0. The molecule has 0 saturated carbocycles. The number of hydrogen-bond donors (Lipinski definition) is 3. The van der Waals surface area contributed by atoms with E-state index in [0.29, 0.717) is 11.1 Å². The summed E-state index contributed by atoms with van der Waals surface area (Å²) in [5.74, 6) is -2.99. The molecule has 12 heteroatoms. The van der Waals surface area contributed by atoms with Crippen LogP contribution in [0.2, 0.25) is 0 Å². The lowest BCUT2D eigenvalue weighted by atomic mass is 10.1. The molecule has 1 saturated heterocycles. The summed E-state index contributed by atoms with van der Waals surface area (Å²) < 4.78 is 14.6. The van der Waals surface area contributed by atoms with Crippen molar-refractivity contribution in [3.05, 3.63) is 58.9 Å². The molecule has 32 heavy (non-hydrogen) atoms. The Morgan fingerprint density at radius 1 is 1.22 bits per heavy atom. The van der Waals surface area contributed by atoms with Crippen molar-refractivity contribution in [1.82, 2.24) is 35.5 Å². The van der Waals surface area contributed by atoms with E-state index in [-0.39, 0.29) is 42.5 Å². The van der Waals surface area contributed by atoms with E-state index in [2.05, 4.69) is 31.0 Å². The van der Waals surface area contributed by atoms with Crippen LogP contribution in [-0.2, 0) is 16.1 Å². The third-order valence-corrected chi connectivity index (χ3v) is 4.97. The fourth-order valence-electron chi connectivity index (χ4n) is 3.26. The number of fused-ring (bicyclic) bond motifs is 1. The van der Waals surface area contributed by atoms with Gasteiger partial charge in [0.05, 0.1) is 5.92 Å². The summed E-state index contributed by atoms with van der Waals surface area (Å²) in [6, 6.07) is 5.74. The van der Waals surface area contributed by atoms with Crippen LogP contribution in [-0.4, -0.2) is 49.8 Å². The summed E-state index contributed by atoms with van der Waals surface area (Å²) in [6.07, 6.45) is 1.18. The third-order valence-electron chi connectivity index (χ3n) is 4.97. The van der Waals surface area contributed by atoms with Gasteiger partial charge in [-0.15, -0.1) is 0 Å². The van der Waals surface area contributed by atoms with Crippen LogP contribution in [0.15, 0.2) is 30.6 Å². The van der Waals surface area contributed by atoms with Gasteiger partial charge in [0, 0.05) is 25.6 Å². The highest BCUT2D eigenvalue weighted by atomic mass is 19.1. The van der Waals surface area contributed by atoms with Crippen molar-refractivity contribution >= 4 is 29.4 Å². The smallest absolute Gasteiger partial charge is 0.270 e. The van der Waals surface area contributed by atoms with E-state index in [4.69, 9.17) is 0 Å². The summed E-state index contributed by atoms with van der Waals surface area (Å²) in [5, 5.41) is 11.4. The molecule has 0 bridgehead atoms. The monoisotopic (exact) mass is 439 g/mol. The first kappa shape index (κ1) is 21.0. The average Bonchev–Trinajstić information content (AvgIpc) is 3.37. The van der Waals surface area contributed by atoms with Crippen LogP contribution < -0.4 is 16.0 Å². The SMILES string of the molecule is Cc1cc(CNC(=O)c2cc(C(=O)NCC3CC(=O)NC3=O)n3ncnc3n2)ccc1F. The summed E-state index contributed by atoms with van der Waals surface area (Å²) in [5.41, 5.74) is 1.07. The molecule has 0 radical (unpaired) electrons. The minimum atomic E-state index is -0.665. The molecule has 1 unspecified atom stereocenters. The first-order valence-electron chi connectivity index (χ1n) is 9.67. The molecular weight excluding hydrogens is 421 g/mol. The lowest BCUT2D eigenvalue weighted by molar-refractivity contribution is -0.125. The molecule has 1 fully saturated rings. The number of benzene rings is 1. The van der Waals surface area contributed by atoms with Crippen molar-refractivity contribution < 1.29 is 23.6 Å². The maximum Gasteiger partial charge on any atom is 0.270 e. The second-order valence-corrected chi connectivity index (χ2v) is 7.29. The molecule has 1 aromatic carbocycles. The normalized spacial score (nSPS) is 15.6. The highest BCUT2D eigenvalue weighted by Crippen LogP contribution is 2.12. The van der Waals surface area contributed by atoms with E-state index < -0.39 is 29.5 Å². The molecule has 1 atom stereocenters. The number of carbonyl (C=O) groups is 4.